The molecule has 10 heteroatoms. The smallest absolute Gasteiger partial charge is 0.449 e. The van der Waals surface area contributed by atoms with E-state index >= 15 is 0 Å². The van der Waals surface area contributed by atoms with Gasteiger partial charge in [0, 0.05) is 6.07 Å². The van der Waals surface area contributed by atoms with E-state index in [0.717, 1.165) is 0 Å². The van der Waals surface area contributed by atoms with Crippen molar-refractivity contribution in [2.75, 3.05) is 6.61 Å². The second-order valence-corrected chi connectivity index (χ2v) is 4.60. The van der Waals surface area contributed by atoms with Gasteiger partial charge in [0.15, 0.2) is 6.29 Å². The standard InChI is InChI=1S/C12H16O10/c13-3-6-8(14)9(15)10(16)11(21-6)19-4-5-1-2-7(20-5)22-12(17)18/h1-2,6,8-11,13-16H,3-4H2,(H,17,18)/t6-,8-,9+,10-,11?/m1/s1. The van der Waals surface area contributed by atoms with Crippen LogP contribution in [0.1, 0.15) is 5.76 Å². The minimum absolute atomic E-state index is 0.188. The van der Waals surface area contributed by atoms with Gasteiger partial charge in [0.1, 0.15) is 36.8 Å². The molecule has 5 N–H and O–H groups in total. The Morgan fingerprint density at radius 1 is 1.18 bits per heavy atom. The Morgan fingerprint density at radius 2 is 1.91 bits per heavy atom. The maximum atomic E-state index is 10.3. The van der Waals surface area contributed by atoms with Gasteiger partial charge in [-0.25, -0.2) is 4.79 Å². The monoisotopic (exact) mass is 320 g/mol. The zero-order chi connectivity index (χ0) is 16.3. The SMILES string of the molecule is O=C(O)Oc1ccc(COC2O[C@H](CO)[C@@H](O)[C@H](O)[C@H]2O)o1. The van der Waals surface area contributed by atoms with Crippen LogP contribution in [0, 0.1) is 0 Å². The van der Waals surface area contributed by atoms with E-state index in [1.165, 1.54) is 12.1 Å². The summed E-state index contributed by atoms with van der Waals surface area (Å²) in [5, 5.41) is 46.4. The lowest BCUT2D eigenvalue weighted by Crippen LogP contribution is -2.59. The lowest BCUT2D eigenvalue weighted by atomic mass is 9.99. The summed E-state index contributed by atoms with van der Waals surface area (Å²) in [6.45, 7) is -0.784. The summed E-state index contributed by atoms with van der Waals surface area (Å²) >= 11 is 0. The molecule has 1 aromatic heterocycles. The second-order valence-electron chi connectivity index (χ2n) is 4.60. The van der Waals surface area contributed by atoms with Gasteiger partial charge >= 0.3 is 6.16 Å². The van der Waals surface area contributed by atoms with E-state index in [0.29, 0.717) is 0 Å². The highest BCUT2D eigenvalue weighted by Crippen LogP contribution is 2.24. The summed E-state index contributed by atoms with van der Waals surface area (Å²) in [7, 11) is 0. The molecule has 0 amide bonds. The highest BCUT2D eigenvalue weighted by Gasteiger charge is 2.44. The van der Waals surface area contributed by atoms with Crippen molar-refractivity contribution in [3.63, 3.8) is 0 Å². The van der Waals surface area contributed by atoms with E-state index < -0.39 is 43.5 Å². The summed E-state index contributed by atoms with van der Waals surface area (Å²) in [6, 6.07) is 2.66. The molecule has 1 fully saturated rings. The second kappa shape index (κ2) is 7.05. The Morgan fingerprint density at radius 3 is 2.55 bits per heavy atom. The van der Waals surface area contributed by atoms with E-state index in [2.05, 4.69) is 4.74 Å². The maximum Gasteiger partial charge on any atom is 0.513 e. The van der Waals surface area contributed by atoms with E-state index in [9.17, 15) is 20.1 Å². The van der Waals surface area contributed by atoms with E-state index in [4.69, 9.17) is 24.1 Å². The van der Waals surface area contributed by atoms with Crippen LogP contribution >= 0.6 is 0 Å². The number of furan rings is 1. The third kappa shape index (κ3) is 3.74. The number of carbonyl (C=O) groups is 1. The lowest BCUT2D eigenvalue weighted by Gasteiger charge is -2.39. The van der Waals surface area contributed by atoms with Crippen LogP contribution in [-0.4, -0.2) is 69.0 Å². The first-order valence-corrected chi connectivity index (χ1v) is 6.34. The van der Waals surface area contributed by atoms with Gasteiger partial charge < -0.3 is 44.2 Å². The van der Waals surface area contributed by atoms with Crippen molar-refractivity contribution in [2.45, 2.75) is 37.3 Å². The Balaban J connectivity index is 1.92. The van der Waals surface area contributed by atoms with Crippen LogP contribution in [-0.2, 0) is 16.1 Å². The van der Waals surface area contributed by atoms with Crippen LogP contribution in [0.25, 0.3) is 0 Å². The van der Waals surface area contributed by atoms with E-state index in [1.807, 2.05) is 0 Å². The molecule has 1 aliphatic rings. The molecule has 22 heavy (non-hydrogen) atoms. The molecule has 0 spiro atoms. The third-order valence-electron chi connectivity index (χ3n) is 3.06. The Labute approximate surface area is 124 Å². The number of aliphatic hydroxyl groups is 4. The molecule has 1 saturated heterocycles. The topological polar surface area (TPSA) is 159 Å². The van der Waals surface area contributed by atoms with Gasteiger partial charge in [-0.3, -0.25) is 0 Å². The Hall–Kier alpha value is -1.69. The summed E-state index contributed by atoms with van der Waals surface area (Å²) < 4.78 is 19.6. The molecule has 0 bridgehead atoms. The average Bonchev–Trinajstić information content (AvgIpc) is 2.91. The van der Waals surface area contributed by atoms with Crippen LogP contribution in [0.2, 0.25) is 0 Å². The van der Waals surface area contributed by atoms with Crippen LogP contribution in [0.4, 0.5) is 4.79 Å². The molecular weight excluding hydrogens is 304 g/mol. The minimum atomic E-state index is -1.54. The largest absolute Gasteiger partial charge is 0.513 e. The van der Waals surface area contributed by atoms with Gasteiger partial charge in [-0.05, 0) is 6.07 Å². The molecule has 5 atom stereocenters. The van der Waals surface area contributed by atoms with E-state index in [1.54, 1.807) is 0 Å². The number of hydrogen-bond donors (Lipinski definition) is 5. The maximum absolute atomic E-state index is 10.3. The first-order valence-electron chi connectivity index (χ1n) is 6.34. The fourth-order valence-corrected chi connectivity index (χ4v) is 1.95. The van der Waals surface area contributed by atoms with Crippen LogP contribution in [0.3, 0.4) is 0 Å². The van der Waals surface area contributed by atoms with Crippen molar-refractivity contribution in [1.82, 2.24) is 0 Å². The molecule has 0 aliphatic carbocycles. The van der Waals surface area contributed by atoms with Crippen molar-refractivity contribution >= 4 is 6.16 Å². The van der Waals surface area contributed by atoms with Gasteiger partial charge in [-0.2, -0.15) is 0 Å². The first-order chi connectivity index (χ1) is 10.4. The summed E-state index contributed by atoms with van der Waals surface area (Å²) in [5.74, 6) is -0.0619. The van der Waals surface area contributed by atoms with Crippen LogP contribution < -0.4 is 4.74 Å². The van der Waals surface area contributed by atoms with Gasteiger partial charge in [0.05, 0.1) is 6.61 Å². The number of rotatable bonds is 5. The van der Waals surface area contributed by atoms with Crippen LogP contribution in [0.15, 0.2) is 16.5 Å². The molecule has 0 radical (unpaired) electrons. The third-order valence-corrected chi connectivity index (χ3v) is 3.06. The van der Waals surface area contributed by atoms with Gasteiger partial charge in [-0.1, -0.05) is 0 Å². The highest BCUT2D eigenvalue weighted by molar-refractivity contribution is 5.59. The number of carboxylic acid groups (broad SMARTS) is 1. The molecule has 2 rings (SSSR count). The number of hydrogen-bond acceptors (Lipinski definition) is 9. The van der Waals surface area contributed by atoms with Crippen molar-refractivity contribution in [3.05, 3.63) is 17.9 Å². The molecule has 10 nitrogen and oxygen atoms in total. The zero-order valence-corrected chi connectivity index (χ0v) is 11.2. The molecule has 1 aromatic rings. The van der Waals surface area contributed by atoms with Gasteiger partial charge in [-0.15, -0.1) is 0 Å². The molecule has 1 aliphatic heterocycles. The van der Waals surface area contributed by atoms with Crippen molar-refractivity contribution in [3.8, 4) is 5.95 Å². The van der Waals surface area contributed by atoms with Gasteiger partial charge in [0.25, 0.3) is 5.95 Å². The van der Waals surface area contributed by atoms with Crippen molar-refractivity contribution < 1.29 is 49.0 Å². The summed E-state index contributed by atoms with van der Waals surface area (Å²) in [5.41, 5.74) is 0. The van der Waals surface area contributed by atoms with Crippen molar-refractivity contribution in [1.29, 1.82) is 0 Å². The molecule has 1 unspecified atom stereocenters. The Kier molecular flexibility index (Phi) is 5.34. The molecule has 0 aromatic carbocycles. The number of aliphatic hydroxyl groups excluding tert-OH is 4. The zero-order valence-electron chi connectivity index (χ0n) is 11.2. The average molecular weight is 320 g/mol. The van der Waals surface area contributed by atoms with Crippen LogP contribution in [0.5, 0.6) is 5.95 Å². The molecule has 2 heterocycles. The fourth-order valence-electron chi connectivity index (χ4n) is 1.95. The molecule has 0 saturated carbocycles. The Bertz CT molecular complexity index is 498. The predicted molar refractivity (Wildman–Crippen MR) is 65.9 cm³/mol. The normalized spacial score (nSPS) is 31.9. The number of ether oxygens (including phenoxy) is 3. The van der Waals surface area contributed by atoms with E-state index in [-0.39, 0.29) is 18.3 Å². The first kappa shape index (κ1) is 16.7. The minimum Gasteiger partial charge on any atom is -0.449 e. The molecular formula is C12H16O10. The van der Waals surface area contributed by atoms with Crippen molar-refractivity contribution in [2.24, 2.45) is 0 Å². The predicted octanol–water partition coefficient (Wildman–Crippen LogP) is -1.35. The highest BCUT2D eigenvalue weighted by atomic mass is 16.7. The molecule has 124 valence electrons. The lowest BCUT2D eigenvalue weighted by molar-refractivity contribution is -0.304. The van der Waals surface area contributed by atoms with Gasteiger partial charge in [0.2, 0.25) is 0 Å². The quantitative estimate of drug-likeness (QED) is 0.410. The summed E-state index contributed by atoms with van der Waals surface area (Å²) in [6.07, 6.45) is -8.45. The summed E-state index contributed by atoms with van der Waals surface area (Å²) in [4.78, 5) is 10.3. The fraction of sp³-hybridized carbons (Fsp3) is 0.583.